The molecule has 0 spiro atoms. The van der Waals surface area contributed by atoms with Crippen molar-refractivity contribution in [3.63, 3.8) is 0 Å². The van der Waals surface area contributed by atoms with Crippen LogP contribution in [0, 0.1) is 13.8 Å². The van der Waals surface area contributed by atoms with Crippen molar-refractivity contribution in [1.29, 1.82) is 0 Å². The molecular weight excluding hydrogens is 572 g/mol. The van der Waals surface area contributed by atoms with Crippen LogP contribution < -0.4 is 20.2 Å². The molecule has 1 saturated heterocycles. The van der Waals surface area contributed by atoms with Crippen LogP contribution in [0.15, 0.2) is 95.8 Å². The van der Waals surface area contributed by atoms with Crippen LogP contribution >= 0.6 is 0 Å². The first kappa shape index (κ1) is 29.9. The molecule has 4 aromatic carbocycles. The van der Waals surface area contributed by atoms with E-state index in [2.05, 4.69) is 9.88 Å². The largest absolute Gasteiger partial charge is 0.419 e. The first-order chi connectivity index (χ1) is 21.7. The molecule has 1 aromatic heterocycles. The molecule has 1 fully saturated rings. The van der Waals surface area contributed by atoms with E-state index in [-0.39, 0.29) is 17.2 Å². The van der Waals surface area contributed by atoms with E-state index in [9.17, 15) is 19.5 Å². The predicted octanol–water partition coefficient (Wildman–Crippen LogP) is 4.37. The molecule has 230 valence electrons. The van der Waals surface area contributed by atoms with Gasteiger partial charge in [-0.15, -0.1) is 0 Å². The Morgan fingerprint density at radius 2 is 1.36 bits per heavy atom. The SMILES string of the molecule is Cc1ccc(C(=O)Oc2ccc([C@@H](O)CN3CCN(n4c(=O)[nH]c5ccccc54)CC3)cc2OC(=O)c2ccc(C)cc2)cc1. The van der Waals surface area contributed by atoms with Crippen LogP contribution in [0.25, 0.3) is 11.0 Å². The lowest BCUT2D eigenvalue weighted by Gasteiger charge is -2.37. The fourth-order valence-electron chi connectivity index (χ4n) is 5.39. The van der Waals surface area contributed by atoms with E-state index in [4.69, 9.17) is 9.47 Å². The van der Waals surface area contributed by atoms with Crippen molar-refractivity contribution in [2.75, 3.05) is 37.7 Å². The Morgan fingerprint density at radius 1 is 0.778 bits per heavy atom. The number of H-pyrrole nitrogens is 1. The van der Waals surface area contributed by atoms with E-state index in [1.54, 1.807) is 35.0 Å². The molecule has 1 aliphatic rings. The molecule has 10 nitrogen and oxygen atoms in total. The number of ether oxygens (including phenoxy) is 2. The Bertz CT molecular complexity index is 1890. The molecule has 45 heavy (non-hydrogen) atoms. The average Bonchev–Trinajstić information content (AvgIpc) is 3.38. The van der Waals surface area contributed by atoms with Crippen molar-refractivity contribution in [2.24, 2.45) is 0 Å². The molecule has 0 aliphatic carbocycles. The molecule has 0 bridgehead atoms. The molecule has 0 radical (unpaired) electrons. The number of hydrogen-bond acceptors (Lipinski definition) is 8. The van der Waals surface area contributed by atoms with Gasteiger partial charge in [-0.25, -0.2) is 19.1 Å². The summed E-state index contributed by atoms with van der Waals surface area (Å²) < 4.78 is 13.1. The summed E-state index contributed by atoms with van der Waals surface area (Å²) in [6.45, 7) is 6.63. The number of carbonyl (C=O) groups excluding carboxylic acids is 2. The van der Waals surface area contributed by atoms with Crippen molar-refractivity contribution < 1.29 is 24.2 Å². The number of fused-ring (bicyclic) bond motifs is 1. The zero-order valence-corrected chi connectivity index (χ0v) is 25.1. The number of aryl methyl sites for hydroxylation is 2. The summed E-state index contributed by atoms with van der Waals surface area (Å²) in [6, 6.07) is 26.2. The van der Waals surface area contributed by atoms with E-state index in [0.717, 1.165) is 22.2 Å². The highest BCUT2D eigenvalue weighted by atomic mass is 16.6. The highest BCUT2D eigenvalue weighted by Gasteiger charge is 2.24. The summed E-state index contributed by atoms with van der Waals surface area (Å²) in [4.78, 5) is 43.6. The Morgan fingerprint density at radius 3 is 1.98 bits per heavy atom. The zero-order chi connectivity index (χ0) is 31.5. The number of hydrogen-bond donors (Lipinski definition) is 2. The summed E-state index contributed by atoms with van der Waals surface area (Å²) in [5, 5.41) is 13.2. The topological polar surface area (TPSA) is 117 Å². The molecule has 5 aromatic rings. The third-order valence-electron chi connectivity index (χ3n) is 7.96. The number of para-hydroxylation sites is 2. The van der Waals surface area contributed by atoms with Crippen LogP contribution in [0.1, 0.15) is 43.5 Å². The summed E-state index contributed by atoms with van der Waals surface area (Å²) >= 11 is 0. The number of aromatic amines is 1. The van der Waals surface area contributed by atoms with Crippen molar-refractivity contribution >= 4 is 23.0 Å². The lowest BCUT2D eigenvalue weighted by molar-refractivity contribution is 0.0680. The number of esters is 2. The quantitative estimate of drug-likeness (QED) is 0.198. The fourth-order valence-corrected chi connectivity index (χ4v) is 5.39. The van der Waals surface area contributed by atoms with Gasteiger partial charge in [0.2, 0.25) is 0 Å². The van der Waals surface area contributed by atoms with E-state index in [1.807, 2.05) is 67.4 Å². The Hall–Kier alpha value is -5.19. The number of nitrogens with one attached hydrogen (secondary N) is 1. The highest BCUT2D eigenvalue weighted by Crippen LogP contribution is 2.32. The fraction of sp³-hybridized carbons (Fsp3) is 0.229. The van der Waals surface area contributed by atoms with Gasteiger partial charge < -0.3 is 24.6 Å². The number of rotatable bonds is 8. The van der Waals surface area contributed by atoms with Crippen molar-refractivity contribution in [2.45, 2.75) is 20.0 Å². The van der Waals surface area contributed by atoms with Crippen molar-refractivity contribution in [3.05, 3.63) is 129 Å². The second kappa shape index (κ2) is 12.8. The minimum Gasteiger partial charge on any atom is -0.419 e. The Labute approximate surface area is 260 Å². The smallest absolute Gasteiger partial charge is 0.345 e. The van der Waals surface area contributed by atoms with Crippen LogP contribution in [0.3, 0.4) is 0 Å². The van der Waals surface area contributed by atoms with Gasteiger partial charge in [0.05, 0.1) is 28.3 Å². The second-order valence-electron chi connectivity index (χ2n) is 11.2. The van der Waals surface area contributed by atoms with Gasteiger partial charge in [-0.2, -0.15) is 0 Å². The Kier molecular flexibility index (Phi) is 8.50. The van der Waals surface area contributed by atoms with Crippen LogP contribution in [0.5, 0.6) is 11.5 Å². The maximum absolute atomic E-state index is 13.0. The highest BCUT2D eigenvalue weighted by molar-refractivity contribution is 5.93. The number of benzene rings is 4. The number of piperazine rings is 1. The molecule has 6 rings (SSSR count). The third kappa shape index (κ3) is 6.67. The first-order valence-electron chi connectivity index (χ1n) is 14.8. The standard InChI is InChI=1S/C35H34N4O6/c1-23-7-11-25(12-8-23)33(41)44-31-16-15-27(21-32(31)45-34(42)26-13-9-24(2)10-14-26)30(40)22-37-17-19-38(20-18-37)39-29-6-4-3-5-28(29)36-35(39)43/h3-16,21,30,40H,17-20,22H2,1-2H3,(H,36,43)/t30-/m0/s1. The lowest BCUT2D eigenvalue weighted by atomic mass is 10.1. The number of imidazole rings is 1. The van der Waals surface area contributed by atoms with E-state index in [1.165, 1.54) is 12.1 Å². The van der Waals surface area contributed by atoms with Gasteiger partial charge in [0, 0.05) is 32.7 Å². The molecule has 0 amide bonds. The number of aromatic nitrogens is 2. The van der Waals surface area contributed by atoms with E-state index >= 15 is 0 Å². The monoisotopic (exact) mass is 606 g/mol. The molecule has 2 heterocycles. The van der Waals surface area contributed by atoms with Gasteiger partial charge in [-0.3, -0.25) is 4.90 Å². The molecular formula is C35H34N4O6. The summed E-state index contributed by atoms with van der Waals surface area (Å²) in [5.74, 6) is -1.11. The summed E-state index contributed by atoms with van der Waals surface area (Å²) in [6.07, 6.45) is -0.911. The first-order valence-corrected chi connectivity index (χ1v) is 14.8. The third-order valence-corrected chi connectivity index (χ3v) is 7.96. The lowest BCUT2D eigenvalue weighted by Crippen LogP contribution is -2.54. The molecule has 0 unspecified atom stereocenters. The zero-order valence-electron chi connectivity index (χ0n) is 25.1. The number of nitrogens with zero attached hydrogens (tertiary/aromatic N) is 3. The van der Waals surface area contributed by atoms with Crippen LogP contribution in [0.2, 0.25) is 0 Å². The van der Waals surface area contributed by atoms with Gasteiger partial charge in [0.15, 0.2) is 11.5 Å². The normalized spacial score (nSPS) is 14.3. The minimum absolute atomic E-state index is 0.0288. The average molecular weight is 607 g/mol. The molecule has 2 N–H and O–H groups in total. The summed E-state index contributed by atoms with van der Waals surface area (Å²) in [7, 11) is 0. The number of aliphatic hydroxyl groups is 1. The molecule has 0 saturated carbocycles. The van der Waals surface area contributed by atoms with Crippen LogP contribution in [-0.4, -0.2) is 64.3 Å². The van der Waals surface area contributed by atoms with Crippen LogP contribution in [0.4, 0.5) is 0 Å². The Balaban J connectivity index is 1.17. The maximum atomic E-state index is 13.0. The summed E-state index contributed by atoms with van der Waals surface area (Å²) in [5.41, 5.74) is 4.64. The van der Waals surface area contributed by atoms with Crippen molar-refractivity contribution in [3.8, 4) is 11.5 Å². The van der Waals surface area contributed by atoms with Gasteiger partial charge in [0.1, 0.15) is 0 Å². The number of aliphatic hydroxyl groups excluding tert-OH is 1. The molecule has 1 atom stereocenters. The number of β-amino-alcohol motifs (C(OH)–C–C–N with tert-alkyl or cyclic N) is 1. The van der Waals surface area contributed by atoms with Gasteiger partial charge in [0.25, 0.3) is 0 Å². The second-order valence-corrected chi connectivity index (χ2v) is 11.2. The molecule has 10 heteroatoms. The van der Waals surface area contributed by atoms with Gasteiger partial charge >= 0.3 is 17.6 Å². The van der Waals surface area contributed by atoms with E-state index < -0.39 is 18.0 Å². The molecule has 1 aliphatic heterocycles. The number of carbonyl (C=O) groups is 2. The predicted molar refractivity (Wildman–Crippen MR) is 171 cm³/mol. The van der Waals surface area contributed by atoms with E-state index in [0.29, 0.717) is 49.4 Å². The van der Waals surface area contributed by atoms with Crippen molar-refractivity contribution in [1.82, 2.24) is 14.6 Å². The van der Waals surface area contributed by atoms with Gasteiger partial charge in [-0.05, 0) is 67.9 Å². The minimum atomic E-state index is -0.911. The van der Waals surface area contributed by atoms with Crippen LogP contribution in [-0.2, 0) is 0 Å². The van der Waals surface area contributed by atoms with Gasteiger partial charge in [-0.1, -0.05) is 53.6 Å². The maximum Gasteiger partial charge on any atom is 0.345 e.